The maximum atomic E-state index is 12.6. The summed E-state index contributed by atoms with van der Waals surface area (Å²) in [6.45, 7) is 4.76. The highest BCUT2D eigenvalue weighted by molar-refractivity contribution is 7.89. The van der Waals surface area contributed by atoms with E-state index < -0.39 is 10.0 Å². The number of hydrogen-bond acceptors (Lipinski definition) is 4. The van der Waals surface area contributed by atoms with Gasteiger partial charge >= 0.3 is 0 Å². The van der Waals surface area contributed by atoms with Gasteiger partial charge in [0.25, 0.3) is 10.0 Å². The molecule has 0 bridgehead atoms. The monoisotopic (exact) mass is 283 g/mol. The van der Waals surface area contributed by atoms with Gasteiger partial charge in [-0.15, -0.1) is 0 Å². The highest BCUT2D eigenvalue weighted by Gasteiger charge is 2.33. The molecule has 0 atom stereocenters. The minimum atomic E-state index is -3.50. The second kappa shape index (κ2) is 5.56. The number of pyridine rings is 1. The topological polar surface area (TPSA) is 76.3 Å². The standard InChI is InChI=1S/C13H21N3O2S/c1-10(2)16(9-11-3-4-11)19(17,18)13-6-5-12(7-14)8-15-13/h5-6,8,10-11H,3-4,7,9,14H2,1-2H3. The van der Waals surface area contributed by atoms with Crippen LogP contribution in [-0.4, -0.2) is 30.3 Å². The maximum absolute atomic E-state index is 12.6. The van der Waals surface area contributed by atoms with Crippen LogP contribution in [0.15, 0.2) is 23.4 Å². The second-order valence-electron chi connectivity index (χ2n) is 5.32. The van der Waals surface area contributed by atoms with Crippen LogP contribution in [0.5, 0.6) is 0 Å². The Morgan fingerprint density at radius 1 is 1.42 bits per heavy atom. The molecule has 0 unspecified atom stereocenters. The predicted molar refractivity (Wildman–Crippen MR) is 73.9 cm³/mol. The Balaban J connectivity index is 2.26. The number of hydrogen-bond donors (Lipinski definition) is 1. The lowest BCUT2D eigenvalue weighted by atomic mass is 10.3. The molecule has 0 aromatic carbocycles. The van der Waals surface area contributed by atoms with Crippen LogP contribution >= 0.6 is 0 Å². The molecule has 6 heteroatoms. The minimum Gasteiger partial charge on any atom is -0.326 e. The summed E-state index contributed by atoms with van der Waals surface area (Å²) in [6.07, 6.45) is 3.78. The van der Waals surface area contributed by atoms with Crippen LogP contribution < -0.4 is 5.73 Å². The summed E-state index contributed by atoms with van der Waals surface area (Å²) in [5.41, 5.74) is 6.32. The van der Waals surface area contributed by atoms with Crippen molar-refractivity contribution in [2.45, 2.75) is 44.3 Å². The summed E-state index contributed by atoms with van der Waals surface area (Å²) >= 11 is 0. The molecule has 1 aliphatic carbocycles. The first-order valence-electron chi connectivity index (χ1n) is 6.62. The molecule has 1 heterocycles. The van der Waals surface area contributed by atoms with Crippen molar-refractivity contribution in [3.8, 4) is 0 Å². The second-order valence-corrected chi connectivity index (χ2v) is 7.16. The zero-order chi connectivity index (χ0) is 14.0. The zero-order valence-corrected chi connectivity index (χ0v) is 12.2. The van der Waals surface area contributed by atoms with E-state index in [1.165, 1.54) is 6.20 Å². The summed E-state index contributed by atoms with van der Waals surface area (Å²) in [5.74, 6) is 0.514. The molecule has 0 spiro atoms. The van der Waals surface area contributed by atoms with Gasteiger partial charge in [0.2, 0.25) is 0 Å². The number of aromatic nitrogens is 1. The van der Waals surface area contributed by atoms with E-state index in [0.29, 0.717) is 19.0 Å². The van der Waals surface area contributed by atoms with Gasteiger partial charge in [0.15, 0.2) is 5.03 Å². The molecular formula is C13H21N3O2S. The number of nitrogens with zero attached hydrogens (tertiary/aromatic N) is 2. The van der Waals surface area contributed by atoms with Crippen LogP contribution in [0, 0.1) is 5.92 Å². The first-order valence-corrected chi connectivity index (χ1v) is 8.06. The van der Waals surface area contributed by atoms with Gasteiger partial charge in [-0.05, 0) is 44.2 Å². The van der Waals surface area contributed by atoms with Crippen molar-refractivity contribution in [2.24, 2.45) is 11.7 Å². The molecule has 0 aliphatic heterocycles. The largest absolute Gasteiger partial charge is 0.326 e. The Morgan fingerprint density at radius 3 is 2.53 bits per heavy atom. The van der Waals surface area contributed by atoms with Crippen molar-refractivity contribution in [2.75, 3.05) is 6.54 Å². The third-order valence-corrected chi connectivity index (χ3v) is 5.28. The molecule has 1 aromatic heterocycles. The first-order chi connectivity index (χ1) is 8.95. The van der Waals surface area contributed by atoms with Gasteiger partial charge in [0, 0.05) is 25.3 Å². The van der Waals surface area contributed by atoms with Gasteiger partial charge in [-0.25, -0.2) is 13.4 Å². The maximum Gasteiger partial charge on any atom is 0.260 e. The van der Waals surface area contributed by atoms with E-state index in [9.17, 15) is 8.42 Å². The fraction of sp³-hybridized carbons (Fsp3) is 0.615. The summed E-state index contributed by atoms with van der Waals surface area (Å²) in [5, 5.41) is 0.110. The molecule has 106 valence electrons. The fourth-order valence-electron chi connectivity index (χ4n) is 1.95. The molecule has 1 saturated carbocycles. The van der Waals surface area contributed by atoms with E-state index in [1.807, 2.05) is 13.8 Å². The summed E-state index contributed by atoms with van der Waals surface area (Å²) in [4.78, 5) is 4.04. The Morgan fingerprint density at radius 2 is 2.11 bits per heavy atom. The summed E-state index contributed by atoms with van der Waals surface area (Å²) in [7, 11) is -3.50. The molecule has 0 radical (unpaired) electrons. The third kappa shape index (κ3) is 3.32. The number of sulfonamides is 1. The summed E-state index contributed by atoms with van der Waals surface area (Å²) in [6, 6.07) is 3.21. The molecular weight excluding hydrogens is 262 g/mol. The van der Waals surface area contributed by atoms with Gasteiger partial charge in [0.05, 0.1) is 0 Å². The van der Waals surface area contributed by atoms with E-state index in [4.69, 9.17) is 5.73 Å². The van der Waals surface area contributed by atoms with Gasteiger partial charge < -0.3 is 5.73 Å². The number of rotatable bonds is 6. The SMILES string of the molecule is CC(C)N(CC1CC1)S(=O)(=O)c1ccc(CN)cn1. The van der Waals surface area contributed by atoms with Crippen LogP contribution in [0.3, 0.4) is 0 Å². The highest BCUT2D eigenvalue weighted by atomic mass is 32.2. The molecule has 2 N–H and O–H groups in total. The first kappa shape index (κ1) is 14.4. The van der Waals surface area contributed by atoms with E-state index in [2.05, 4.69) is 4.98 Å². The molecule has 1 aromatic rings. The average Bonchev–Trinajstić information content (AvgIpc) is 3.19. The van der Waals surface area contributed by atoms with Crippen LogP contribution in [0.2, 0.25) is 0 Å². The van der Waals surface area contributed by atoms with Gasteiger partial charge in [-0.3, -0.25) is 0 Å². The predicted octanol–water partition coefficient (Wildman–Crippen LogP) is 1.35. The Labute approximate surface area is 114 Å². The quantitative estimate of drug-likeness (QED) is 0.855. The van der Waals surface area contributed by atoms with Crippen LogP contribution in [-0.2, 0) is 16.6 Å². The third-order valence-electron chi connectivity index (χ3n) is 3.32. The average molecular weight is 283 g/mol. The van der Waals surface area contributed by atoms with Gasteiger partial charge in [-0.2, -0.15) is 4.31 Å². The number of nitrogens with two attached hydrogens (primary N) is 1. The summed E-state index contributed by atoms with van der Waals surface area (Å²) < 4.78 is 26.7. The molecule has 19 heavy (non-hydrogen) atoms. The smallest absolute Gasteiger partial charge is 0.260 e. The van der Waals surface area contributed by atoms with Crippen molar-refractivity contribution in [3.63, 3.8) is 0 Å². The van der Waals surface area contributed by atoms with Crippen molar-refractivity contribution in [3.05, 3.63) is 23.9 Å². The highest BCUT2D eigenvalue weighted by Crippen LogP contribution is 2.32. The van der Waals surface area contributed by atoms with Crippen LogP contribution in [0.1, 0.15) is 32.3 Å². The Bertz CT molecular complexity index is 521. The lowest BCUT2D eigenvalue weighted by molar-refractivity contribution is 0.340. The van der Waals surface area contributed by atoms with E-state index in [0.717, 1.165) is 18.4 Å². The van der Waals surface area contributed by atoms with E-state index >= 15 is 0 Å². The zero-order valence-electron chi connectivity index (χ0n) is 11.4. The normalized spacial score (nSPS) is 16.3. The fourth-order valence-corrected chi connectivity index (χ4v) is 3.57. The molecule has 0 amide bonds. The van der Waals surface area contributed by atoms with Crippen molar-refractivity contribution in [1.82, 2.24) is 9.29 Å². The molecule has 0 saturated heterocycles. The van der Waals surface area contributed by atoms with Crippen LogP contribution in [0.4, 0.5) is 0 Å². The molecule has 2 rings (SSSR count). The van der Waals surface area contributed by atoms with Crippen molar-refractivity contribution in [1.29, 1.82) is 0 Å². The van der Waals surface area contributed by atoms with Crippen molar-refractivity contribution >= 4 is 10.0 Å². The van der Waals surface area contributed by atoms with E-state index in [-0.39, 0.29) is 11.1 Å². The van der Waals surface area contributed by atoms with E-state index in [1.54, 1.807) is 16.4 Å². The Hall–Kier alpha value is -0.980. The lowest BCUT2D eigenvalue weighted by Crippen LogP contribution is -2.38. The van der Waals surface area contributed by atoms with Crippen LogP contribution in [0.25, 0.3) is 0 Å². The molecule has 5 nitrogen and oxygen atoms in total. The Kier molecular flexibility index (Phi) is 4.23. The minimum absolute atomic E-state index is 0.0541. The lowest BCUT2D eigenvalue weighted by Gasteiger charge is -2.25. The van der Waals surface area contributed by atoms with Gasteiger partial charge in [-0.1, -0.05) is 6.07 Å². The van der Waals surface area contributed by atoms with Gasteiger partial charge in [0.1, 0.15) is 0 Å². The van der Waals surface area contributed by atoms with Crippen molar-refractivity contribution < 1.29 is 8.42 Å². The molecule has 1 aliphatic rings. The molecule has 1 fully saturated rings.